The average Bonchev–Trinajstić information content (AvgIpc) is 2.95. The Kier molecular flexibility index (Phi) is 4.23. The Morgan fingerprint density at radius 2 is 2.17 bits per heavy atom. The molecule has 0 saturated carbocycles. The van der Waals surface area contributed by atoms with Crippen molar-refractivity contribution in [2.24, 2.45) is 4.99 Å². The number of hydrogen-bond acceptors (Lipinski definition) is 6. The Hall–Kier alpha value is -3.23. The quantitative estimate of drug-likeness (QED) is 0.673. The van der Waals surface area contributed by atoms with Crippen LogP contribution in [0.1, 0.15) is 22.0 Å². The van der Waals surface area contributed by atoms with Gasteiger partial charge in [-0.3, -0.25) is 9.56 Å². The summed E-state index contributed by atoms with van der Waals surface area (Å²) >= 11 is 0. The number of carboxylic acids is 1. The molecule has 0 amide bonds. The summed E-state index contributed by atoms with van der Waals surface area (Å²) in [5.41, 5.74) is 1.10. The van der Waals surface area contributed by atoms with Gasteiger partial charge < -0.3 is 20.0 Å². The van der Waals surface area contributed by atoms with Gasteiger partial charge in [0.15, 0.2) is 0 Å². The first kappa shape index (κ1) is 15.7. The Balaban J connectivity index is 1.88. The topological polar surface area (TPSA) is 120 Å². The van der Waals surface area contributed by atoms with Crippen LogP contribution in [0, 0.1) is 10.1 Å². The molecule has 2 aromatic rings. The summed E-state index contributed by atoms with van der Waals surface area (Å²) in [7, 11) is 0. The second kappa shape index (κ2) is 6.49. The van der Waals surface area contributed by atoms with Gasteiger partial charge in [0.05, 0.1) is 18.2 Å². The summed E-state index contributed by atoms with van der Waals surface area (Å²) in [4.78, 5) is 29.4. The fourth-order valence-corrected chi connectivity index (χ4v) is 2.49. The third-order valence-corrected chi connectivity index (χ3v) is 3.67. The molecule has 3 rings (SSSR count). The summed E-state index contributed by atoms with van der Waals surface area (Å²) in [5.74, 6) is -1.27. The van der Waals surface area contributed by atoms with Gasteiger partial charge in [0.25, 0.3) is 0 Å². The average molecular weight is 330 g/mol. The van der Waals surface area contributed by atoms with E-state index in [9.17, 15) is 14.9 Å². The van der Waals surface area contributed by atoms with Gasteiger partial charge in [-0.1, -0.05) is 12.1 Å². The van der Waals surface area contributed by atoms with E-state index in [4.69, 9.17) is 9.84 Å². The molecule has 2 heterocycles. The number of aromatic carboxylic acids is 1. The van der Waals surface area contributed by atoms with Crippen LogP contribution in [0.15, 0.2) is 35.5 Å². The molecule has 124 valence electrons. The van der Waals surface area contributed by atoms with Gasteiger partial charge in [-0.15, -0.1) is 0 Å². The summed E-state index contributed by atoms with van der Waals surface area (Å²) in [6.07, 6.45) is 3.46. The lowest BCUT2D eigenvalue weighted by molar-refractivity contribution is -0.389. The van der Waals surface area contributed by atoms with Gasteiger partial charge in [0.1, 0.15) is 12.8 Å². The van der Waals surface area contributed by atoms with Crippen molar-refractivity contribution >= 4 is 18.0 Å². The minimum atomic E-state index is -0.988. The van der Waals surface area contributed by atoms with Crippen molar-refractivity contribution in [3.63, 3.8) is 0 Å². The third-order valence-electron chi connectivity index (χ3n) is 3.67. The maximum atomic E-state index is 10.9. The molecular weight excluding hydrogens is 316 g/mol. The molecule has 0 aliphatic carbocycles. The molecule has 1 unspecified atom stereocenters. The number of carbonyl (C=O) groups is 1. The molecule has 0 radical (unpaired) electrons. The standard InChI is InChI=1S/C15H14N4O5/c20-14(21)11-3-1-10(2-4-11)7-12-8-16-5-6-24-15-17-13(19(22)23)9-18(12)15/h1-5,9,12H,6-8H2,(H,20,21)/b16-5-. The number of hydrogen-bond donors (Lipinski definition) is 1. The van der Waals surface area contributed by atoms with Gasteiger partial charge in [-0.2, -0.15) is 0 Å². The summed E-state index contributed by atoms with van der Waals surface area (Å²) in [6, 6.07) is 6.46. The predicted octanol–water partition coefficient (Wildman–Crippen LogP) is 1.74. The number of nitro groups is 1. The van der Waals surface area contributed by atoms with Crippen LogP contribution < -0.4 is 4.74 Å². The first-order chi connectivity index (χ1) is 11.5. The van der Waals surface area contributed by atoms with Crippen LogP contribution in [-0.4, -0.2) is 44.9 Å². The van der Waals surface area contributed by atoms with Crippen LogP contribution in [0.2, 0.25) is 0 Å². The van der Waals surface area contributed by atoms with E-state index in [1.54, 1.807) is 22.9 Å². The molecule has 0 spiro atoms. The largest absolute Gasteiger partial charge is 0.478 e. The number of aromatic nitrogens is 2. The zero-order valence-corrected chi connectivity index (χ0v) is 12.5. The first-order valence-electron chi connectivity index (χ1n) is 7.21. The smallest absolute Gasteiger partial charge is 0.414 e. The fraction of sp³-hybridized carbons (Fsp3) is 0.267. The number of rotatable bonds is 4. The van der Waals surface area contributed by atoms with Crippen molar-refractivity contribution in [3.8, 4) is 6.01 Å². The highest BCUT2D eigenvalue weighted by molar-refractivity contribution is 5.87. The van der Waals surface area contributed by atoms with Crippen molar-refractivity contribution in [1.29, 1.82) is 0 Å². The normalized spacial score (nSPS) is 17.9. The van der Waals surface area contributed by atoms with Gasteiger partial charge in [0.2, 0.25) is 0 Å². The molecule has 1 aromatic carbocycles. The Morgan fingerprint density at radius 1 is 1.42 bits per heavy atom. The minimum absolute atomic E-state index is 0.181. The second-order valence-corrected chi connectivity index (χ2v) is 5.26. The van der Waals surface area contributed by atoms with Crippen molar-refractivity contribution in [2.75, 3.05) is 13.2 Å². The Morgan fingerprint density at radius 3 is 2.83 bits per heavy atom. The van der Waals surface area contributed by atoms with E-state index in [-0.39, 0.29) is 30.0 Å². The minimum Gasteiger partial charge on any atom is -0.478 e. The molecule has 0 saturated heterocycles. The van der Waals surface area contributed by atoms with Gasteiger partial charge in [-0.25, -0.2) is 4.79 Å². The summed E-state index contributed by atoms with van der Waals surface area (Å²) in [5, 5.41) is 19.9. The number of imidazole rings is 1. The zero-order chi connectivity index (χ0) is 17.1. The molecule has 1 aromatic heterocycles. The van der Waals surface area contributed by atoms with Crippen LogP contribution in [0.4, 0.5) is 5.82 Å². The molecule has 24 heavy (non-hydrogen) atoms. The zero-order valence-electron chi connectivity index (χ0n) is 12.5. The van der Waals surface area contributed by atoms with Crippen molar-refractivity contribution in [2.45, 2.75) is 12.5 Å². The highest BCUT2D eigenvalue weighted by atomic mass is 16.6. The molecule has 9 heteroatoms. The fourth-order valence-electron chi connectivity index (χ4n) is 2.49. The molecule has 0 bridgehead atoms. The van der Waals surface area contributed by atoms with E-state index < -0.39 is 10.9 Å². The van der Waals surface area contributed by atoms with E-state index in [0.29, 0.717) is 13.0 Å². The van der Waals surface area contributed by atoms with E-state index in [2.05, 4.69) is 9.98 Å². The third kappa shape index (κ3) is 3.24. The monoisotopic (exact) mass is 330 g/mol. The van der Waals surface area contributed by atoms with Crippen LogP contribution >= 0.6 is 0 Å². The Labute approximate surface area is 136 Å². The van der Waals surface area contributed by atoms with Gasteiger partial charge in [-0.05, 0) is 29.0 Å². The number of aliphatic imine (C=N–C) groups is 1. The van der Waals surface area contributed by atoms with E-state index in [1.807, 2.05) is 0 Å². The van der Waals surface area contributed by atoms with Crippen LogP contribution in [-0.2, 0) is 6.42 Å². The molecule has 9 nitrogen and oxygen atoms in total. The molecule has 1 aliphatic rings. The number of fused-ring (bicyclic) bond motifs is 1. The van der Waals surface area contributed by atoms with E-state index in [0.717, 1.165) is 5.56 Å². The maximum absolute atomic E-state index is 10.9. The van der Waals surface area contributed by atoms with Gasteiger partial charge in [0, 0.05) is 11.2 Å². The molecular formula is C15H14N4O5. The highest BCUT2D eigenvalue weighted by Crippen LogP contribution is 2.26. The number of nitrogens with zero attached hydrogens (tertiary/aromatic N) is 4. The van der Waals surface area contributed by atoms with Crippen LogP contribution in [0.3, 0.4) is 0 Å². The highest BCUT2D eigenvalue weighted by Gasteiger charge is 2.26. The number of benzene rings is 1. The second-order valence-electron chi connectivity index (χ2n) is 5.26. The lowest BCUT2D eigenvalue weighted by atomic mass is 10.0. The van der Waals surface area contributed by atoms with Crippen molar-refractivity contribution < 1.29 is 19.6 Å². The van der Waals surface area contributed by atoms with Crippen molar-refractivity contribution in [3.05, 3.63) is 51.7 Å². The lowest BCUT2D eigenvalue weighted by Gasteiger charge is -2.18. The summed E-state index contributed by atoms with van der Waals surface area (Å²) in [6.45, 7) is 0.624. The number of carboxylic acid groups (broad SMARTS) is 1. The summed E-state index contributed by atoms with van der Waals surface area (Å²) < 4.78 is 7.01. The molecule has 1 aliphatic heterocycles. The van der Waals surface area contributed by atoms with Crippen LogP contribution in [0.5, 0.6) is 6.01 Å². The maximum Gasteiger partial charge on any atom is 0.414 e. The molecule has 1 atom stereocenters. The SMILES string of the molecule is O=C(O)c1ccc(CC2C/N=C\COc3nc([N+](=O)[O-])cn32)cc1. The van der Waals surface area contributed by atoms with Crippen LogP contribution in [0.25, 0.3) is 0 Å². The van der Waals surface area contributed by atoms with Gasteiger partial charge >= 0.3 is 17.8 Å². The van der Waals surface area contributed by atoms with E-state index in [1.165, 1.54) is 18.3 Å². The number of ether oxygens (including phenoxy) is 1. The van der Waals surface area contributed by atoms with Crippen molar-refractivity contribution in [1.82, 2.24) is 9.55 Å². The predicted molar refractivity (Wildman–Crippen MR) is 83.9 cm³/mol. The molecule has 1 N–H and O–H groups in total. The van der Waals surface area contributed by atoms with E-state index >= 15 is 0 Å². The first-order valence-corrected chi connectivity index (χ1v) is 7.21. The Bertz CT molecular complexity index is 797. The lowest BCUT2D eigenvalue weighted by Crippen LogP contribution is -2.19. The molecule has 0 fully saturated rings.